The van der Waals surface area contributed by atoms with Crippen LogP contribution < -0.4 is 0 Å². The maximum atomic E-state index is 12.8. The molecule has 2 fully saturated rings. The first-order valence-electron chi connectivity index (χ1n) is 19.2. The molecule has 2 aliphatic rings. The first-order valence-corrected chi connectivity index (χ1v) is 19.2. The molecule has 2 rings (SSSR count). The van der Waals surface area contributed by atoms with Crippen LogP contribution in [0.4, 0.5) is 0 Å². The number of aliphatic hydroxyl groups excluding tert-OH is 6. The maximum Gasteiger partial charge on any atom is 0.186 e. The van der Waals surface area contributed by atoms with E-state index in [2.05, 4.69) is 0 Å². The van der Waals surface area contributed by atoms with Crippen LogP contribution >= 0.6 is 0 Å². The summed E-state index contributed by atoms with van der Waals surface area (Å²) < 4.78 is 16.2. The first kappa shape index (κ1) is 42.5. The minimum absolute atomic E-state index is 0.00669. The average molecular weight is 675 g/mol. The molecule has 0 aromatic carbocycles. The molecule has 5 unspecified atom stereocenters. The van der Waals surface area contributed by atoms with E-state index in [0.29, 0.717) is 12.8 Å². The Hall–Kier alpha value is -0.690. The lowest BCUT2D eigenvalue weighted by molar-refractivity contribution is -0.304. The molecule has 47 heavy (non-hydrogen) atoms. The Morgan fingerprint density at radius 1 is 0.723 bits per heavy atom. The van der Waals surface area contributed by atoms with Crippen LogP contribution in [0.3, 0.4) is 0 Å². The molecule has 0 spiro atoms. The van der Waals surface area contributed by atoms with Gasteiger partial charge in [-0.2, -0.15) is 0 Å². The maximum absolute atomic E-state index is 12.8. The van der Waals surface area contributed by atoms with Crippen LogP contribution in [0.2, 0.25) is 0 Å². The second-order valence-electron chi connectivity index (χ2n) is 14.3. The van der Waals surface area contributed by atoms with Gasteiger partial charge in [0.1, 0.15) is 30.2 Å². The van der Waals surface area contributed by atoms with Crippen molar-refractivity contribution >= 4 is 5.78 Å². The summed E-state index contributed by atoms with van der Waals surface area (Å²) in [5.74, 6) is 0.0953. The quantitative estimate of drug-likeness (QED) is 0.0574. The lowest BCUT2D eigenvalue weighted by Crippen LogP contribution is -2.59. The molecule has 10 heteroatoms. The monoisotopic (exact) mass is 674 g/mol. The largest absolute Gasteiger partial charge is 0.394 e. The van der Waals surface area contributed by atoms with E-state index in [-0.39, 0.29) is 18.8 Å². The van der Waals surface area contributed by atoms with E-state index in [0.717, 1.165) is 38.4 Å². The Kier molecular flexibility index (Phi) is 23.6. The summed E-state index contributed by atoms with van der Waals surface area (Å²) in [6.07, 6.45) is 15.7. The van der Waals surface area contributed by atoms with Crippen molar-refractivity contribution in [1.82, 2.24) is 0 Å². The van der Waals surface area contributed by atoms with Crippen molar-refractivity contribution in [2.45, 2.75) is 191 Å². The molecule has 0 radical (unpaired) electrons. The van der Waals surface area contributed by atoms with Crippen molar-refractivity contribution in [2.24, 2.45) is 11.8 Å². The van der Waals surface area contributed by atoms with Gasteiger partial charge in [-0.05, 0) is 19.3 Å². The molecule has 0 bridgehead atoms. The Bertz CT molecular complexity index is 763. The third-order valence-electron chi connectivity index (χ3n) is 10.1. The topological polar surface area (TPSA) is 166 Å². The van der Waals surface area contributed by atoms with Crippen molar-refractivity contribution in [3.8, 4) is 0 Å². The second kappa shape index (κ2) is 26.2. The summed E-state index contributed by atoms with van der Waals surface area (Å²) in [6, 6.07) is 0. The number of rotatable bonds is 30. The van der Waals surface area contributed by atoms with E-state index in [9.17, 15) is 35.4 Å². The van der Waals surface area contributed by atoms with Gasteiger partial charge in [-0.3, -0.25) is 4.79 Å². The van der Waals surface area contributed by atoms with E-state index in [1.807, 2.05) is 0 Å². The van der Waals surface area contributed by atoms with Gasteiger partial charge in [0.2, 0.25) is 0 Å². The van der Waals surface area contributed by atoms with Crippen molar-refractivity contribution in [3.05, 3.63) is 0 Å². The number of hydrogen-bond donors (Lipinski definition) is 6. The van der Waals surface area contributed by atoms with Gasteiger partial charge in [0.15, 0.2) is 6.29 Å². The molecular weight excluding hydrogens is 604 g/mol. The van der Waals surface area contributed by atoms with Crippen LogP contribution in [-0.4, -0.2) is 106 Å². The molecule has 2 saturated heterocycles. The molecule has 0 aromatic heterocycles. The molecule has 278 valence electrons. The van der Waals surface area contributed by atoms with Crippen molar-refractivity contribution in [2.75, 3.05) is 26.4 Å². The third-order valence-corrected chi connectivity index (χ3v) is 10.1. The second-order valence-corrected chi connectivity index (χ2v) is 14.3. The fraction of sp³-hybridized carbons (Fsp3) is 0.973. The standard InChI is InChI=1S/C37H70O10/c1-2-31(40)33(41)29(27-46-37-36(44)35(43)34(42)32(24-38)47-37)23-30(39)22-20-18-16-14-12-10-8-6-4-3-5-7-9-11-13-15-17-19-21-28-25-45-26-28/h28-29,31-38,40-44H,2-27H2,1H3/t29-,31+,32?,33-,34?,35?,36?,37?/m0/s1. The van der Waals surface area contributed by atoms with Gasteiger partial charge < -0.3 is 44.8 Å². The third kappa shape index (κ3) is 17.7. The van der Waals surface area contributed by atoms with E-state index < -0.39 is 55.4 Å². The van der Waals surface area contributed by atoms with E-state index >= 15 is 0 Å². The molecule has 2 heterocycles. The van der Waals surface area contributed by atoms with E-state index in [4.69, 9.17) is 14.2 Å². The Morgan fingerprint density at radius 2 is 1.21 bits per heavy atom. The van der Waals surface area contributed by atoms with Crippen LogP contribution in [0, 0.1) is 11.8 Å². The molecule has 8 atom stereocenters. The molecule has 0 aliphatic carbocycles. The molecule has 6 N–H and O–H groups in total. The normalized spacial score (nSPS) is 25.4. The number of aliphatic hydroxyl groups is 6. The predicted molar refractivity (Wildman–Crippen MR) is 182 cm³/mol. The Labute approximate surface area is 284 Å². The highest BCUT2D eigenvalue weighted by Crippen LogP contribution is 2.25. The highest BCUT2D eigenvalue weighted by Gasteiger charge is 2.44. The number of ketones is 1. The van der Waals surface area contributed by atoms with E-state index in [1.54, 1.807) is 6.92 Å². The summed E-state index contributed by atoms with van der Waals surface area (Å²) in [5.41, 5.74) is 0. The predicted octanol–water partition coefficient (Wildman–Crippen LogP) is 4.96. The Balaban J connectivity index is 1.44. The van der Waals surface area contributed by atoms with Gasteiger partial charge >= 0.3 is 0 Å². The summed E-state index contributed by atoms with van der Waals surface area (Å²) in [5, 5.41) is 60.4. The van der Waals surface area contributed by atoms with Gasteiger partial charge in [0.05, 0.1) is 38.6 Å². The average Bonchev–Trinajstić information content (AvgIpc) is 3.05. The molecule has 0 amide bonds. The highest BCUT2D eigenvalue weighted by molar-refractivity contribution is 5.78. The fourth-order valence-electron chi connectivity index (χ4n) is 6.69. The number of carbonyl (C=O) groups excluding carboxylic acids is 1. The fourth-order valence-corrected chi connectivity index (χ4v) is 6.69. The van der Waals surface area contributed by atoms with Gasteiger partial charge in [-0.1, -0.05) is 116 Å². The van der Waals surface area contributed by atoms with Crippen LogP contribution in [0.25, 0.3) is 0 Å². The summed E-state index contributed by atoms with van der Waals surface area (Å²) >= 11 is 0. The van der Waals surface area contributed by atoms with E-state index in [1.165, 1.54) is 103 Å². The number of ether oxygens (including phenoxy) is 3. The molecular formula is C37H70O10. The highest BCUT2D eigenvalue weighted by atomic mass is 16.7. The molecule has 10 nitrogen and oxygen atoms in total. The van der Waals surface area contributed by atoms with Crippen LogP contribution in [0.1, 0.15) is 148 Å². The summed E-state index contributed by atoms with van der Waals surface area (Å²) in [7, 11) is 0. The van der Waals surface area contributed by atoms with Crippen molar-refractivity contribution in [3.63, 3.8) is 0 Å². The number of Topliss-reactive ketones (excluding diaryl/α,β-unsaturated/α-hetero) is 1. The van der Waals surface area contributed by atoms with Crippen LogP contribution in [0.5, 0.6) is 0 Å². The van der Waals surface area contributed by atoms with Crippen LogP contribution in [-0.2, 0) is 19.0 Å². The first-order chi connectivity index (χ1) is 22.8. The lowest BCUT2D eigenvalue weighted by atomic mass is 9.90. The molecule has 0 saturated carbocycles. The lowest BCUT2D eigenvalue weighted by Gasteiger charge is -2.40. The number of hydrogen-bond acceptors (Lipinski definition) is 10. The zero-order valence-electron chi connectivity index (χ0n) is 29.4. The van der Waals surface area contributed by atoms with Gasteiger partial charge in [0.25, 0.3) is 0 Å². The molecule has 2 aliphatic heterocycles. The summed E-state index contributed by atoms with van der Waals surface area (Å²) in [4.78, 5) is 12.8. The summed E-state index contributed by atoms with van der Waals surface area (Å²) in [6.45, 7) is 2.94. The smallest absolute Gasteiger partial charge is 0.186 e. The zero-order valence-corrected chi connectivity index (χ0v) is 29.4. The van der Waals surface area contributed by atoms with Gasteiger partial charge in [-0.25, -0.2) is 0 Å². The Morgan fingerprint density at radius 3 is 1.66 bits per heavy atom. The van der Waals surface area contributed by atoms with Crippen molar-refractivity contribution < 1.29 is 49.6 Å². The zero-order chi connectivity index (χ0) is 34.3. The van der Waals surface area contributed by atoms with Gasteiger partial charge in [-0.15, -0.1) is 0 Å². The number of unbranched alkanes of at least 4 members (excludes halogenated alkanes) is 17. The van der Waals surface area contributed by atoms with Gasteiger partial charge in [0, 0.05) is 24.7 Å². The number of carbonyl (C=O) groups is 1. The van der Waals surface area contributed by atoms with Crippen molar-refractivity contribution in [1.29, 1.82) is 0 Å². The van der Waals surface area contributed by atoms with Crippen LogP contribution in [0.15, 0.2) is 0 Å². The molecule has 0 aromatic rings. The SMILES string of the molecule is CC[C@@H](O)[C@@H](O)[C@H](COC1OC(CO)C(O)C(O)C1O)CC(=O)CCCCCCCCCCCCCCCCCCCCC1COC1. The minimum atomic E-state index is -1.58. The minimum Gasteiger partial charge on any atom is -0.394 e.